The van der Waals surface area contributed by atoms with Gasteiger partial charge in [0.25, 0.3) is 0 Å². The lowest BCUT2D eigenvalue weighted by atomic mass is 10.2. The molecular weight excluding hydrogens is 290 g/mol. The summed E-state index contributed by atoms with van der Waals surface area (Å²) in [6.07, 6.45) is 3.51. The zero-order chi connectivity index (χ0) is 15.3. The van der Waals surface area contributed by atoms with Crippen molar-refractivity contribution in [2.45, 2.75) is 12.2 Å². The predicted octanol–water partition coefficient (Wildman–Crippen LogP) is 1.05. The molecule has 0 aliphatic heterocycles. The van der Waals surface area contributed by atoms with Crippen molar-refractivity contribution in [1.82, 2.24) is 4.98 Å². The van der Waals surface area contributed by atoms with E-state index in [4.69, 9.17) is 5.14 Å². The molecule has 110 valence electrons. The van der Waals surface area contributed by atoms with Gasteiger partial charge in [-0.05, 0) is 29.3 Å². The largest absolute Gasteiger partial charge is 0.326 e. The zero-order valence-corrected chi connectivity index (χ0v) is 12.0. The number of benzene rings is 1. The third-order valence-electron chi connectivity index (χ3n) is 2.69. The van der Waals surface area contributed by atoms with Crippen molar-refractivity contribution in [1.29, 1.82) is 0 Å². The Balaban J connectivity index is 1.95. The van der Waals surface area contributed by atoms with Gasteiger partial charge in [-0.3, -0.25) is 9.78 Å². The number of hydrogen-bond donors (Lipinski definition) is 2. The van der Waals surface area contributed by atoms with Crippen LogP contribution in [0.2, 0.25) is 0 Å². The van der Waals surface area contributed by atoms with Gasteiger partial charge in [-0.1, -0.05) is 18.2 Å². The number of nitrogens with two attached hydrogens (primary N) is 1. The predicted molar refractivity (Wildman–Crippen MR) is 79.8 cm³/mol. The van der Waals surface area contributed by atoms with Crippen molar-refractivity contribution in [3.8, 4) is 0 Å². The summed E-state index contributed by atoms with van der Waals surface area (Å²) in [5.41, 5.74) is 1.99. The highest BCUT2D eigenvalue weighted by molar-refractivity contribution is 7.88. The number of aromatic nitrogens is 1. The molecule has 0 unspecified atom stereocenters. The molecule has 1 aromatic carbocycles. The van der Waals surface area contributed by atoms with Crippen LogP contribution in [0.5, 0.6) is 0 Å². The Morgan fingerprint density at radius 1 is 1.14 bits per heavy atom. The van der Waals surface area contributed by atoms with Crippen LogP contribution in [0.15, 0.2) is 48.8 Å². The van der Waals surface area contributed by atoms with Gasteiger partial charge in [0.1, 0.15) is 0 Å². The number of nitrogens with zero attached hydrogens (tertiary/aromatic N) is 1. The van der Waals surface area contributed by atoms with Crippen molar-refractivity contribution in [3.63, 3.8) is 0 Å². The number of sulfonamides is 1. The quantitative estimate of drug-likeness (QED) is 0.862. The van der Waals surface area contributed by atoms with Gasteiger partial charge in [0.05, 0.1) is 12.2 Å². The van der Waals surface area contributed by atoms with Crippen molar-refractivity contribution in [2.24, 2.45) is 5.14 Å². The van der Waals surface area contributed by atoms with E-state index in [-0.39, 0.29) is 18.1 Å². The van der Waals surface area contributed by atoms with Crippen LogP contribution in [-0.2, 0) is 27.0 Å². The molecule has 1 heterocycles. The van der Waals surface area contributed by atoms with E-state index < -0.39 is 10.0 Å². The highest BCUT2D eigenvalue weighted by Gasteiger charge is 2.07. The van der Waals surface area contributed by atoms with Crippen LogP contribution in [-0.4, -0.2) is 19.3 Å². The Morgan fingerprint density at radius 2 is 1.86 bits per heavy atom. The summed E-state index contributed by atoms with van der Waals surface area (Å²) in [5.74, 6) is -0.390. The summed E-state index contributed by atoms with van der Waals surface area (Å²) in [6, 6.07) is 10.1. The summed E-state index contributed by atoms with van der Waals surface area (Å²) in [4.78, 5) is 15.8. The normalized spacial score (nSPS) is 11.1. The average molecular weight is 305 g/mol. The maximum absolute atomic E-state index is 11.8. The van der Waals surface area contributed by atoms with Crippen LogP contribution in [0.1, 0.15) is 11.1 Å². The number of primary sulfonamides is 1. The minimum atomic E-state index is -3.55. The molecule has 21 heavy (non-hydrogen) atoms. The lowest BCUT2D eigenvalue weighted by molar-refractivity contribution is -0.115. The second-order valence-electron chi connectivity index (χ2n) is 4.59. The highest BCUT2D eigenvalue weighted by Crippen LogP contribution is 2.12. The van der Waals surface area contributed by atoms with Gasteiger partial charge in [-0.15, -0.1) is 0 Å². The Kier molecular flexibility index (Phi) is 4.66. The minimum absolute atomic E-state index is 0.165. The highest BCUT2D eigenvalue weighted by atomic mass is 32.2. The van der Waals surface area contributed by atoms with Crippen molar-refractivity contribution in [3.05, 3.63) is 59.9 Å². The fourth-order valence-corrected chi connectivity index (χ4v) is 2.47. The molecule has 2 aromatic rings. The summed E-state index contributed by atoms with van der Waals surface area (Å²) in [7, 11) is -3.55. The van der Waals surface area contributed by atoms with E-state index >= 15 is 0 Å². The molecule has 0 bridgehead atoms. The fraction of sp³-hybridized carbons (Fsp3) is 0.143. The molecule has 2 rings (SSSR count). The third kappa shape index (κ3) is 5.33. The Hall–Kier alpha value is -2.25. The topological polar surface area (TPSA) is 102 Å². The molecule has 0 aliphatic rings. The monoisotopic (exact) mass is 305 g/mol. The maximum Gasteiger partial charge on any atom is 0.228 e. The minimum Gasteiger partial charge on any atom is -0.326 e. The van der Waals surface area contributed by atoms with Crippen molar-refractivity contribution >= 4 is 21.6 Å². The Bertz CT molecular complexity index is 713. The average Bonchev–Trinajstić information content (AvgIpc) is 2.40. The third-order valence-corrected chi connectivity index (χ3v) is 3.43. The van der Waals surface area contributed by atoms with Crippen molar-refractivity contribution < 1.29 is 13.2 Å². The molecule has 6 nitrogen and oxygen atoms in total. The zero-order valence-electron chi connectivity index (χ0n) is 11.2. The molecule has 0 spiro atoms. The number of carbonyl (C=O) groups excluding carboxylic acids is 1. The van der Waals surface area contributed by atoms with E-state index in [1.54, 1.807) is 42.7 Å². The van der Waals surface area contributed by atoms with E-state index in [0.29, 0.717) is 11.3 Å². The maximum atomic E-state index is 11.8. The number of nitrogens with one attached hydrogen (secondary N) is 1. The summed E-state index contributed by atoms with van der Waals surface area (Å²) in [6.45, 7) is 0. The number of pyridine rings is 1. The molecule has 0 saturated heterocycles. The summed E-state index contributed by atoms with van der Waals surface area (Å²) in [5, 5.41) is 7.70. The number of rotatable bonds is 5. The fourth-order valence-electron chi connectivity index (χ4n) is 1.81. The molecule has 7 heteroatoms. The van der Waals surface area contributed by atoms with Crippen LogP contribution in [0.4, 0.5) is 5.69 Å². The van der Waals surface area contributed by atoms with Gasteiger partial charge < -0.3 is 5.32 Å². The molecular formula is C14H15N3O3S. The van der Waals surface area contributed by atoms with Gasteiger partial charge in [0.2, 0.25) is 15.9 Å². The number of carbonyl (C=O) groups is 1. The van der Waals surface area contributed by atoms with Gasteiger partial charge in [0, 0.05) is 18.1 Å². The molecule has 0 saturated carbocycles. The van der Waals surface area contributed by atoms with Gasteiger partial charge in [0.15, 0.2) is 0 Å². The first-order chi connectivity index (χ1) is 9.92. The Morgan fingerprint density at radius 3 is 2.43 bits per heavy atom. The number of amides is 1. The summed E-state index contributed by atoms with van der Waals surface area (Å²) < 4.78 is 21.9. The van der Waals surface area contributed by atoms with Gasteiger partial charge in [-0.2, -0.15) is 0 Å². The van der Waals surface area contributed by atoms with E-state index in [0.717, 1.165) is 5.56 Å². The number of hydrogen-bond acceptors (Lipinski definition) is 4. The summed E-state index contributed by atoms with van der Waals surface area (Å²) >= 11 is 0. The molecule has 1 amide bonds. The lowest BCUT2D eigenvalue weighted by Gasteiger charge is -2.06. The van der Waals surface area contributed by atoms with Crippen LogP contribution in [0.25, 0.3) is 0 Å². The van der Waals surface area contributed by atoms with E-state index in [1.807, 2.05) is 6.07 Å². The molecule has 0 atom stereocenters. The first kappa shape index (κ1) is 15.1. The second-order valence-corrected chi connectivity index (χ2v) is 6.20. The molecule has 0 fully saturated rings. The van der Waals surface area contributed by atoms with E-state index in [1.165, 1.54) is 0 Å². The van der Waals surface area contributed by atoms with Gasteiger partial charge >= 0.3 is 0 Å². The van der Waals surface area contributed by atoms with Crippen molar-refractivity contribution in [2.75, 3.05) is 5.32 Å². The lowest BCUT2D eigenvalue weighted by Crippen LogP contribution is -2.15. The SMILES string of the molecule is NS(=O)(=O)Cc1ccc(NC(=O)Cc2cccnc2)cc1. The van der Waals surface area contributed by atoms with E-state index in [2.05, 4.69) is 10.3 Å². The van der Waals surface area contributed by atoms with Crippen LogP contribution in [0, 0.1) is 0 Å². The first-order valence-corrected chi connectivity index (χ1v) is 7.92. The molecule has 3 N–H and O–H groups in total. The smallest absolute Gasteiger partial charge is 0.228 e. The number of anilines is 1. The molecule has 0 aliphatic carbocycles. The van der Waals surface area contributed by atoms with Gasteiger partial charge in [-0.25, -0.2) is 13.6 Å². The first-order valence-electron chi connectivity index (χ1n) is 6.20. The van der Waals surface area contributed by atoms with Crippen LogP contribution >= 0.6 is 0 Å². The molecule has 0 radical (unpaired) electrons. The Labute approximate surface area is 123 Å². The second kappa shape index (κ2) is 6.47. The van der Waals surface area contributed by atoms with Crippen LogP contribution < -0.4 is 10.5 Å². The standard InChI is InChI=1S/C14H15N3O3S/c15-21(19,20)10-11-3-5-13(6-4-11)17-14(18)8-12-2-1-7-16-9-12/h1-7,9H,8,10H2,(H,17,18)(H2,15,19,20). The van der Waals surface area contributed by atoms with Crippen LogP contribution in [0.3, 0.4) is 0 Å². The van der Waals surface area contributed by atoms with E-state index in [9.17, 15) is 13.2 Å². The molecule has 1 aromatic heterocycles.